The number of aliphatic hydroxyl groups is 1. The van der Waals surface area contributed by atoms with E-state index in [2.05, 4.69) is 0 Å². The number of amides is 1. The second-order valence-electron chi connectivity index (χ2n) is 7.99. The molecule has 0 radical (unpaired) electrons. The highest BCUT2D eigenvalue weighted by molar-refractivity contribution is 6.46. The average molecular weight is 438 g/mol. The minimum Gasteiger partial charge on any atom is -0.507 e. The Morgan fingerprint density at radius 1 is 1.16 bits per heavy atom. The Morgan fingerprint density at radius 2 is 1.94 bits per heavy atom. The molecular formula is C24H26N2O6. The topological polar surface area (TPSA) is 88.5 Å². The third kappa shape index (κ3) is 4.01. The van der Waals surface area contributed by atoms with Gasteiger partial charge in [-0.2, -0.15) is 0 Å². The fourth-order valence-corrected chi connectivity index (χ4v) is 4.03. The second kappa shape index (κ2) is 8.92. The predicted molar refractivity (Wildman–Crippen MR) is 118 cm³/mol. The number of benzene rings is 2. The first-order chi connectivity index (χ1) is 15.4. The molecule has 1 unspecified atom stereocenters. The first kappa shape index (κ1) is 21.7. The number of ketones is 1. The lowest BCUT2D eigenvalue weighted by molar-refractivity contribution is -0.139. The van der Waals surface area contributed by atoms with Crippen molar-refractivity contribution in [2.24, 2.45) is 0 Å². The van der Waals surface area contributed by atoms with Gasteiger partial charge in [0.1, 0.15) is 11.5 Å². The van der Waals surface area contributed by atoms with Crippen LogP contribution in [0.25, 0.3) is 5.76 Å². The number of carbonyl (C=O) groups excluding carboxylic acids is 2. The Labute approximate surface area is 186 Å². The van der Waals surface area contributed by atoms with Crippen LogP contribution in [0.5, 0.6) is 17.2 Å². The summed E-state index contributed by atoms with van der Waals surface area (Å²) in [5, 5.41) is 11.2. The average Bonchev–Trinajstić information content (AvgIpc) is 3.36. The Bertz CT molecular complexity index is 1080. The van der Waals surface area contributed by atoms with E-state index < -0.39 is 17.7 Å². The third-order valence-electron chi connectivity index (χ3n) is 5.60. The number of hydrogen-bond acceptors (Lipinski definition) is 7. The van der Waals surface area contributed by atoms with Gasteiger partial charge in [0, 0.05) is 12.1 Å². The monoisotopic (exact) mass is 438 g/mol. The Morgan fingerprint density at radius 3 is 2.69 bits per heavy atom. The lowest BCUT2D eigenvalue weighted by atomic mass is 9.95. The van der Waals surface area contributed by atoms with Crippen LogP contribution in [0.2, 0.25) is 0 Å². The summed E-state index contributed by atoms with van der Waals surface area (Å²) in [6.07, 6.45) is 0.685. The summed E-state index contributed by atoms with van der Waals surface area (Å²) >= 11 is 0. The maximum absolute atomic E-state index is 13.1. The van der Waals surface area contributed by atoms with E-state index in [1.54, 1.807) is 43.5 Å². The molecule has 1 fully saturated rings. The normalized spacial score (nSPS) is 19.1. The van der Waals surface area contributed by atoms with Gasteiger partial charge in [-0.1, -0.05) is 12.1 Å². The zero-order valence-corrected chi connectivity index (χ0v) is 18.3. The van der Waals surface area contributed by atoms with E-state index in [1.807, 2.05) is 25.1 Å². The molecule has 2 aromatic rings. The number of methoxy groups -OCH3 is 1. The molecule has 0 aromatic heterocycles. The van der Waals surface area contributed by atoms with Gasteiger partial charge in [-0.25, -0.2) is 0 Å². The molecule has 0 bridgehead atoms. The molecule has 8 nitrogen and oxygen atoms in total. The molecule has 32 heavy (non-hydrogen) atoms. The van der Waals surface area contributed by atoms with Crippen molar-refractivity contribution in [3.63, 3.8) is 0 Å². The summed E-state index contributed by atoms with van der Waals surface area (Å²) in [4.78, 5) is 29.6. The van der Waals surface area contributed by atoms with Gasteiger partial charge in [0.25, 0.3) is 11.7 Å². The first-order valence-corrected chi connectivity index (χ1v) is 10.4. The smallest absolute Gasteiger partial charge is 0.295 e. The van der Waals surface area contributed by atoms with Crippen LogP contribution in [0.3, 0.4) is 0 Å². The SMILES string of the molecule is COc1cccc(C2C(=C(O)c3ccc4c(c3)OCO4)C(=O)C(=O)N2CCCN(C)C)c1. The molecule has 2 aromatic carbocycles. The van der Waals surface area contributed by atoms with E-state index in [4.69, 9.17) is 14.2 Å². The van der Waals surface area contributed by atoms with Crippen LogP contribution < -0.4 is 14.2 Å². The van der Waals surface area contributed by atoms with Crippen LogP contribution in [0.15, 0.2) is 48.0 Å². The molecule has 2 aliphatic heterocycles. The zero-order chi connectivity index (χ0) is 22.8. The van der Waals surface area contributed by atoms with Crippen molar-refractivity contribution in [1.82, 2.24) is 9.80 Å². The molecule has 168 valence electrons. The summed E-state index contributed by atoms with van der Waals surface area (Å²) in [6, 6.07) is 11.4. The van der Waals surface area contributed by atoms with Crippen LogP contribution in [0.1, 0.15) is 23.6 Å². The number of fused-ring (bicyclic) bond motifs is 1. The number of nitrogens with zero attached hydrogens (tertiary/aromatic N) is 2. The number of Topliss-reactive ketones (excluding diaryl/α,β-unsaturated/α-hetero) is 1. The highest BCUT2D eigenvalue weighted by Crippen LogP contribution is 2.42. The third-order valence-corrected chi connectivity index (χ3v) is 5.60. The maximum Gasteiger partial charge on any atom is 0.295 e. The molecule has 0 saturated carbocycles. The van der Waals surface area contributed by atoms with Crippen LogP contribution in [-0.2, 0) is 9.59 Å². The van der Waals surface area contributed by atoms with Gasteiger partial charge < -0.3 is 29.1 Å². The minimum absolute atomic E-state index is 0.0481. The molecule has 2 heterocycles. The number of carbonyl (C=O) groups is 2. The summed E-state index contributed by atoms with van der Waals surface area (Å²) in [6.45, 7) is 1.23. The highest BCUT2D eigenvalue weighted by Gasteiger charge is 2.46. The maximum atomic E-state index is 13.1. The molecule has 1 N–H and O–H groups in total. The number of likely N-dealkylation sites (tertiary alicyclic amines) is 1. The Balaban J connectivity index is 1.80. The standard InChI is InChI=1S/C24H26N2O6/c1-25(2)10-5-11-26-21(15-6-4-7-17(12-15)30-3)20(23(28)24(26)29)22(27)16-8-9-18-19(13-16)32-14-31-18/h4,6-9,12-13,21,27H,5,10-11,14H2,1-3H3. The Kier molecular flexibility index (Phi) is 6.05. The van der Waals surface area contributed by atoms with E-state index >= 15 is 0 Å². The summed E-state index contributed by atoms with van der Waals surface area (Å²) in [7, 11) is 5.46. The van der Waals surface area contributed by atoms with Crippen molar-refractivity contribution in [2.75, 3.05) is 41.1 Å². The Hall–Kier alpha value is -3.52. The first-order valence-electron chi connectivity index (χ1n) is 10.4. The van der Waals surface area contributed by atoms with Gasteiger partial charge in [0.2, 0.25) is 6.79 Å². The van der Waals surface area contributed by atoms with Crippen LogP contribution in [0.4, 0.5) is 0 Å². The quantitative estimate of drug-likeness (QED) is 0.404. The highest BCUT2D eigenvalue weighted by atomic mass is 16.7. The minimum atomic E-state index is -0.724. The van der Waals surface area contributed by atoms with Gasteiger partial charge in [-0.15, -0.1) is 0 Å². The van der Waals surface area contributed by atoms with E-state index in [1.165, 1.54) is 4.90 Å². The molecular weight excluding hydrogens is 412 g/mol. The van der Waals surface area contributed by atoms with Crippen LogP contribution in [0, 0.1) is 0 Å². The lowest BCUT2D eigenvalue weighted by Gasteiger charge is -2.26. The van der Waals surface area contributed by atoms with E-state index in [0.29, 0.717) is 41.3 Å². The number of ether oxygens (including phenoxy) is 3. The van der Waals surface area contributed by atoms with Gasteiger partial charge in [-0.3, -0.25) is 9.59 Å². The van der Waals surface area contributed by atoms with Gasteiger partial charge in [0.05, 0.1) is 18.7 Å². The fraction of sp³-hybridized carbons (Fsp3) is 0.333. The van der Waals surface area contributed by atoms with Crippen molar-refractivity contribution >= 4 is 17.4 Å². The van der Waals surface area contributed by atoms with Crippen molar-refractivity contribution in [2.45, 2.75) is 12.5 Å². The molecule has 1 saturated heterocycles. The molecule has 2 aliphatic rings. The van der Waals surface area contributed by atoms with E-state index in [9.17, 15) is 14.7 Å². The number of aliphatic hydroxyl groups excluding tert-OH is 1. The summed E-state index contributed by atoms with van der Waals surface area (Å²) in [5.41, 5.74) is 1.12. The molecule has 8 heteroatoms. The van der Waals surface area contributed by atoms with Gasteiger partial charge >= 0.3 is 0 Å². The molecule has 0 aliphatic carbocycles. The predicted octanol–water partition coefficient (Wildman–Crippen LogP) is 2.80. The molecule has 1 atom stereocenters. The molecule has 4 rings (SSSR count). The number of hydrogen-bond donors (Lipinski definition) is 1. The zero-order valence-electron chi connectivity index (χ0n) is 18.3. The molecule has 1 amide bonds. The van der Waals surface area contributed by atoms with Crippen molar-refractivity contribution < 1.29 is 28.9 Å². The fourth-order valence-electron chi connectivity index (χ4n) is 4.03. The van der Waals surface area contributed by atoms with Crippen LogP contribution >= 0.6 is 0 Å². The van der Waals surface area contributed by atoms with Crippen molar-refractivity contribution in [3.05, 3.63) is 59.2 Å². The summed E-state index contributed by atoms with van der Waals surface area (Å²) in [5.74, 6) is 0.0629. The second-order valence-corrected chi connectivity index (χ2v) is 7.99. The van der Waals surface area contributed by atoms with Crippen molar-refractivity contribution in [3.8, 4) is 17.2 Å². The lowest BCUT2D eigenvalue weighted by Crippen LogP contribution is -2.32. The van der Waals surface area contributed by atoms with E-state index in [-0.39, 0.29) is 18.1 Å². The number of rotatable bonds is 7. The van der Waals surface area contributed by atoms with Gasteiger partial charge in [0.15, 0.2) is 11.5 Å². The molecule has 0 spiro atoms. The van der Waals surface area contributed by atoms with Crippen LogP contribution in [-0.4, -0.2) is 67.7 Å². The largest absolute Gasteiger partial charge is 0.507 e. The van der Waals surface area contributed by atoms with Gasteiger partial charge in [-0.05, 0) is 63.0 Å². The summed E-state index contributed by atoms with van der Waals surface area (Å²) < 4.78 is 16.1. The van der Waals surface area contributed by atoms with Crippen molar-refractivity contribution in [1.29, 1.82) is 0 Å². The van der Waals surface area contributed by atoms with E-state index in [0.717, 1.165) is 6.54 Å².